The largest absolute Gasteiger partial charge is 0.491 e. The van der Waals surface area contributed by atoms with Gasteiger partial charge in [-0.05, 0) is 31.9 Å². The molecule has 0 bridgehead atoms. The molecule has 9 heteroatoms. The maximum absolute atomic E-state index is 11.1. The van der Waals surface area contributed by atoms with Crippen molar-refractivity contribution in [1.82, 2.24) is 19.6 Å². The fourth-order valence-corrected chi connectivity index (χ4v) is 3.12. The molecule has 0 aliphatic rings. The summed E-state index contributed by atoms with van der Waals surface area (Å²) in [5.74, 6) is 2.06. The monoisotopic (exact) mass is 401 g/mol. The van der Waals surface area contributed by atoms with Crippen molar-refractivity contribution >= 4 is 28.3 Å². The van der Waals surface area contributed by atoms with Gasteiger partial charge in [-0.25, -0.2) is 4.98 Å². The standard InChI is InChI=1S/C20H27N5O4/c1-14-23-24-20-19(21-9-5-3-4-6-15(27)13-26)22-17-12-16(29-11-10-28-2)7-8-18(17)25(14)20/h7-8,12,26H,3-6,9-11,13H2,1-2H3,(H,21,22). The Hall–Kier alpha value is -2.78. The first-order valence-corrected chi connectivity index (χ1v) is 9.77. The van der Waals surface area contributed by atoms with E-state index in [1.165, 1.54) is 0 Å². The zero-order valence-corrected chi connectivity index (χ0v) is 16.8. The van der Waals surface area contributed by atoms with Gasteiger partial charge in [-0.1, -0.05) is 6.42 Å². The summed E-state index contributed by atoms with van der Waals surface area (Å²) < 4.78 is 12.7. The van der Waals surface area contributed by atoms with Crippen LogP contribution < -0.4 is 10.1 Å². The normalized spacial score (nSPS) is 11.3. The second-order valence-corrected chi connectivity index (χ2v) is 6.79. The first kappa shape index (κ1) is 20.9. The van der Waals surface area contributed by atoms with E-state index in [0.717, 1.165) is 41.9 Å². The smallest absolute Gasteiger partial charge is 0.204 e. The molecule has 0 fully saturated rings. The molecule has 156 valence electrons. The van der Waals surface area contributed by atoms with E-state index in [9.17, 15) is 4.79 Å². The average Bonchev–Trinajstić information content (AvgIpc) is 3.12. The Morgan fingerprint density at radius 1 is 1.21 bits per heavy atom. The lowest BCUT2D eigenvalue weighted by Crippen LogP contribution is -2.08. The van der Waals surface area contributed by atoms with Crippen molar-refractivity contribution in [3.8, 4) is 5.75 Å². The summed E-state index contributed by atoms with van der Waals surface area (Å²) in [6, 6.07) is 5.75. The highest BCUT2D eigenvalue weighted by atomic mass is 16.5. The van der Waals surface area contributed by atoms with E-state index in [-0.39, 0.29) is 12.4 Å². The molecule has 0 atom stereocenters. The molecule has 2 N–H and O–H groups in total. The Kier molecular flexibility index (Phi) is 7.31. The number of rotatable bonds is 12. The van der Waals surface area contributed by atoms with E-state index in [4.69, 9.17) is 19.6 Å². The van der Waals surface area contributed by atoms with Gasteiger partial charge in [0, 0.05) is 26.1 Å². The minimum atomic E-state index is -0.374. The Morgan fingerprint density at radius 2 is 2.07 bits per heavy atom. The van der Waals surface area contributed by atoms with Gasteiger partial charge in [0.2, 0.25) is 5.65 Å². The van der Waals surface area contributed by atoms with Crippen molar-refractivity contribution in [2.24, 2.45) is 0 Å². The van der Waals surface area contributed by atoms with Crippen molar-refractivity contribution in [3.63, 3.8) is 0 Å². The highest BCUT2D eigenvalue weighted by molar-refractivity contribution is 5.84. The molecule has 3 rings (SSSR count). The fraction of sp³-hybridized carbons (Fsp3) is 0.500. The van der Waals surface area contributed by atoms with Gasteiger partial charge in [0.25, 0.3) is 0 Å². The van der Waals surface area contributed by atoms with E-state index in [1.54, 1.807) is 7.11 Å². The number of aromatic nitrogens is 4. The van der Waals surface area contributed by atoms with Crippen LogP contribution in [0.25, 0.3) is 16.7 Å². The Bertz CT molecular complexity index is 972. The van der Waals surface area contributed by atoms with Crippen LogP contribution in [-0.4, -0.2) is 63.9 Å². The Balaban J connectivity index is 1.74. The van der Waals surface area contributed by atoms with E-state index in [0.29, 0.717) is 37.6 Å². The number of nitrogens with zero attached hydrogens (tertiary/aromatic N) is 4. The van der Waals surface area contributed by atoms with Crippen molar-refractivity contribution in [3.05, 3.63) is 24.0 Å². The zero-order chi connectivity index (χ0) is 20.6. The van der Waals surface area contributed by atoms with Crippen LogP contribution in [0.15, 0.2) is 18.2 Å². The second kappa shape index (κ2) is 10.1. The van der Waals surface area contributed by atoms with Crippen molar-refractivity contribution in [2.45, 2.75) is 32.6 Å². The number of hydrogen-bond donors (Lipinski definition) is 2. The molecule has 0 aliphatic carbocycles. The van der Waals surface area contributed by atoms with Crippen LogP contribution in [0.4, 0.5) is 5.82 Å². The summed E-state index contributed by atoms with van der Waals surface area (Å²) >= 11 is 0. The van der Waals surface area contributed by atoms with Crippen molar-refractivity contribution in [2.75, 3.05) is 38.8 Å². The summed E-state index contributed by atoms with van der Waals surface area (Å²) in [5.41, 5.74) is 2.37. The third-order valence-corrected chi connectivity index (χ3v) is 4.61. The molecule has 0 spiro atoms. The summed E-state index contributed by atoms with van der Waals surface area (Å²) in [6.45, 7) is 3.23. The predicted molar refractivity (Wildman–Crippen MR) is 109 cm³/mol. The van der Waals surface area contributed by atoms with Crippen LogP contribution in [0.5, 0.6) is 5.75 Å². The maximum Gasteiger partial charge on any atom is 0.204 e. The Morgan fingerprint density at radius 3 is 2.86 bits per heavy atom. The number of aliphatic hydroxyl groups excluding tert-OH is 1. The number of aryl methyl sites for hydroxylation is 1. The van der Waals surface area contributed by atoms with Gasteiger partial charge in [0.05, 0.1) is 17.6 Å². The van der Waals surface area contributed by atoms with Gasteiger partial charge in [-0.3, -0.25) is 9.20 Å². The quantitative estimate of drug-likeness (QED) is 0.444. The number of nitrogens with one attached hydrogen (secondary N) is 1. The van der Waals surface area contributed by atoms with Crippen LogP contribution in [0.3, 0.4) is 0 Å². The number of benzene rings is 1. The number of ether oxygens (including phenoxy) is 2. The van der Waals surface area contributed by atoms with Gasteiger partial charge in [-0.2, -0.15) is 0 Å². The molecule has 1 aromatic carbocycles. The highest BCUT2D eigenvalue weighted by Gasteiger charge is 2.13. The van der Waals surface area contributed by atoms with Crippen LogP contribution in [0.2, 0.25) is 0 Å². The molecule has 29 heavy (non-hydrogen) atoms. The van der Waals surface area contributed by atoms with Gasteiger partial charge in [-0.15, -0.1) is 10.2 Å². The minimum absolute atomic E-state index is 0.113. The molecule has 2 aromatic heterocycles. The summed E-state index contributed by atoms with van der Waals surface area (Å²) in [6.07, 6.45) is 2.97. The first-order chi connectivity index (χ1) is 14.1. The van der Waals surface area contributed by atoms with Crippen LogP contribution in [0.1, 0.15) is 31.5 Å². The number of carbonyl (C=O) groups excluding carboxylic acids is 1. The average molecular weight is 401 g/mol. The molecule has 2 heterocycles. The van der Waals surface area contributed by atoms with Gasteiger partial charge in [0.1, 0.15) is 24.8 Å². The zero-order valence-electron chi connectivity index (χ0n) is 16.8. The van der Waals surface area contributed by atoms with Crippen molar-refractivity contribution in [1.29, 1.82) is 0 Å². The molecule has 0 aliphatic heterocycles. The maximum atomic E-state index is 11.1. The Labute approximate surface area is 169 Å². The lowest BCUT2D eigenvalue weighted by Gasteiger charge is -2.11. The molecule has 0 saturated heterocycles. The fourth-order valence-electron chi connectivity index (χ4n) is 3.12. The number of fused-ring (bicyclic) bond motifs is 3. The summed E-state index contributed by atoms with van der Waals surface area (Å²) in [7, 11) is 1.64. The van der Waals surface area contributed by atoms with E-state index in [2.05, 4.69) is 15.5 Å². The molecule has 0 unspecified atom stereocenters. The first-order valence-electron chi connectivity index (χ1n) is 9.77. The van der Waals surface area contributed by atoms with Crippen LogP contribution in [-0.2, 0) is 9.53 Å². The molecular weight excluding hydrogens is 374 g/mol. The summed E-state index contributed by atoms with van der Waals surface area (Å²) in [4.78, 5) is 15.9. The van der Waals surface area contributed by atoms with E-state index < -0.39 is 0 Å². The highest BCUT2D eigenvalue weighted by Crippen LogP contribution is 2.25. The van der Waals surface area contributed by atoms with E-state index in [1.807, 2.05) is 29.5 Å². The molecular formula is C20H27N5O4. The summed E-state index contributed by atoms with van der Waals surface area (Å²) in [5, 5.41) is 20.6. The number of aliphatic hydroxyl groups is 1. The third-order valence-electron chi connectivity index (χ3n) is 4.61. The van der Waals surface area contributed by atoms with Crippen LogP contribution >= 0.6 is 0 Å². The van der Waals surface area contributed by atoms with Gasteiger partial charge < -0.3 is 19.9 Å². The minimum Gasteiger partial charge on any atom is -0.491 e. The number of methoxy groups -OCH3 is 1. The number of carbonyl (C=O) groups is 1. The lowest BCUT2D eigenvalue weighted by atomic mass is 10.1. The molecule has 9 nitrogen and oxygen atoms in total. The number of Topliss-reactive ketones (excluding diaryl/α,β-unsaturated/α-hetero) is 1. The van der Waals surface area contributed by atoms with Crippen LogP contribution in [0, 0.1) is 6.92 Å². The number of ketones is 1. The van der Waals surface area contributed by atoms with E-state index >= 15 is 0 Å². The van der Waals surface area contributed by atoms with Crippen molar-refractivity contribution < 1.29 is 19.4 Å². The third kappa shape index (κ3) is 5.18. The SMILES string of the molecule is COCCOc1ccc2c(c1)nc(NCCCCCC(=O)CO)c1nnc(C)n12. The van der Waals surface area contributed by atoms with Gasteiger partial charge in [0.15, 0.2) is 11.6 Å². The molecule has 0 amide bonds. The lowest BCUT2D eigenvalue weighted by molar-refractivity contribution is -0.121. The predicted octanol–water partition coefficient (Wildman–Crippen LogP) is 2.14. The molecule has 3 aromatic rings. The molecule has 0 saturated carbocycles. The number of anilines is 1. The second-order valence-electron chi connectivity index (χ2n) is 6.79. The van der Waals surface area contributed by atoms with Gasteiger partial charge >= 0.3 is 0 Å². The molecule has 0 radical (unpaired) electrons. The topological polar surface area (TPSA) is 111 Å². The number of unbranched alkanes of at least 4 members (excludes halogenated alkanes) is 2. The number of hydrogen-bond acceptors (Lipinski definition) is 8.